The Kier molecular flexibility index (Phi) is 7.10. The number of hydrogen-bond donors (Lipinski definition) is 3. The van der Waals surface area contributed by atoms with Crippen LogP contribution in [0.25, 0.3) is 11.1 Å². The Balaban J connectivity index is 1.21. The Hall–Kier alpha value is -3.53. The van der Waals surface area contributed by atoms with Crippen LogP contribution < -0.4 is 10.6 Å². The van der Waals surface area contributed by atoms with Crippen molar-refractivity contribution in [3.63, 3.8) is 0 Å². The fourth-order valence-corrected chi connectivity index (χ4v) is 6.36. The molecule has 0 amide bonds. The molecule has 0 bridgehead atoms. The van der Waals surface area contributed by atoms with E-state index in [0.29, 0.717) is 43.3 Å². The number of piperidine rings is 1. The number of aryl methyl sites for hydroxylation is 1. The first-order valence-corrected chi connectivity index (χ1v) is 13.8. The van der Waals surface area contributed by atoms with E-state index >= 15 is 0 Å². The normalized spacial score (nSPS) is 21.0. The minimum absolute atomic E-state index is 0.00253. The summed E-state index contributed by atoms with van der Waals surface area (Å²) in [4.78, 5) is 9.01. The lowest BCUT2D eigenvalue weighted by molar-refractivity contribution is 0.171. The number of aliphatic hydroxyl groups excluding tert-OH is 1. The van der Waals surface area contributed by atoms with E-state index in [1.54, 1.807) is 35.1 Å². The molecule has 12 heteroatoms. The van der Waals surface area contributed by atoms with E-state index in [0.717, 1.165) is 30.4 Å². The molecule has 3 N–H and O–H groups in total. The van der Waals surface area contributed by atoms with Crippen molar-refractivity contribution >= 4 is 21.8 Å². The summed E-state index contributed by atoms with van der Waals surface area (Å²) in [5.74, 6) is 0.780. The van der Waals surface area contributed by atoms with Gasteiger partial charge in [0.15, 0.2) is 0 Å². The van der Waals surface area contributed by atoms with Crippen molar-refractivity contribution in [2.45, 2.75) is 55.2 Å². The molecule has 2 aliphatic rings. The predicted octanol–water partition coefficient (Wildman–Crippen LogP) is 2.34. The first kappa shape index (κ1) is 25.1. The minimum Gasteiger partial charge on any atom is -0.391 e. The Morgan fingerprint density at radius 1 is 1.05 bits per heavy atom. The van der Waals surface area contributed by atoms with Crippen LogP contribution in [0.4, 0.5) is 11.8 Å². The molecular formula is C25H30N8O3S. The van der Waals surface area contributed by atoms with Gasteiger partial charge in [-0.2, -0.15) is 19.6 Å². The molecule has 1 aliphatic heterocycles. The maximum Gasteiger partial charge on any atom is 0.243 e. The van der Waals surface area contributed by atoms with E-state index in [1.165, 1.54) is 10.5 Å². The minimum atomic E-state index is -3.60. The van der Waals surface area contributed by atoms with Crippen molar-refractivity contribution in [3.05, 3.63) is 48.4 Å². The molecular weight excluding hydrogens is 492 g/mol. The third-order valence-corrected chi connectivity index (χ3v) is 8.94. The summed E-state index contributed by atoms with van der Waals surface area (Å²) in [6, 6.07) is 8.84. The second-order valence-electron chi connectivity index (χ2n) is 9.57. The highest BCUT2D eigenvalue weighted by Crippen LogP contribution is 2.27. The Bertz CT molecular complexity index is 1390. The average Bonchev–Trinajstić information content (AvgIpc) is 3.52. The van der Waals surface area contributed by atoms with E-state index in [2.05, 4.69) is 31.8 Å². The molecule has 1 aromatic carbocycles. The van der Waals surface area contributed by atoms with E-state index in [4.69, 9.17) is 0 Å². The van der Waals surface area contributed by atoms with Crippen molar-refractivity contribution < 1.29 is 13.5 Å². The van der Waals surface area contributed by atoms with Crippen molar-refractivity contribution in [3.8, 4) is 17.2 Å². The van der Waals surface area contributed by atoms with Crippen LogP contribution in [0.15, 0.2) is 47.8 Å². The highest BCUT2D eigenvalue weighted by molar-refractivity contribution is 7.89. The van der Waals surface area contributed by atoms with Crippen molar-refractivity contribution in [2.75, 3.05) is 23.7 Å². The number of aliphatic hydroxyl groups is 1. The summed E-state index contributed by atoms with van der Waals surface area (Å²) in [7, 11) is -1.76. The highest BCUT2D eigenvalue weighted by atomic mass is 32.2. The molecule has 2 fully saturated rings. The van der Waals surface area contributed by atoms with Gasteiger partial charge in [0.1, 0.15) is 17.5 Å². The maximum atomic E-state index is 13.2. The van der Waals surface area contributed by atoms with Gasteiger partial charge in [0, 0.05) is 37.9 Å². The molecule has 0 unspecified atom stereocenters. The zero-order valence-corrected chi connectivity index (χ0v) is 21.4. The molecule has 37 heavy (non-hydrogen) atoms. The number of anilines is 2. The van der Waals surface area contributed by atoms with Crippen LogP contribution in [-0.4, -0.2) is 68.9 Å². The number of nitriles is 1. The van der Waals surface area contributed by atoms with Crippen LogP contribution in [0.1, 0.15) is 37.7 Å². The van der Waals surface area contributed by atoms with Gasteiger partial charge >= 0.3 is 0 Å². The Morgan fingerprint density at radius 3 is 2.43 bits per heavy atom. The van der Waals surface area contributed by atoms with Gasteiger partial charge in [-0.1, -0.05) is 12.1 Å². The molecule has 2 atom stereocenters. The molecule has 1 saturated carbocycles. The van der Waals surface area contributed by atoms with E-state index < -0.39 is 16.1 Å². The van der Waals surface area contributed by atoms with Gasteiger partial charge in [-0.05, 0) is 49.8 Å². The van der Waals surface area contributed by atoms with Crippen LogP contribution in [0.3, 0.4) is 0 Å². The number of nitrogens with zero attached hydrogens (tertiary/aromatic N) is 6. The molecule has 194 valence electrons. The Morgan fingerprint density at radius 2 is 1.81 bits per heavy atom. The van der Waals surface area contributed by atoms with Crippen LogP contribution >= 0.6 is 0 Å². The molecule has 3 aromatic rings. The molecule has 0 spiro atoms. The molecule has 5 rings (SSSR count). The first-order chi connectivity index (χ1) is 17.8. The van der Waals surface area contributed by atoms with Gasteiger partial charge in [-0.25, -0.2) is 13.4 Å². The molecule has 2 aromatic heterocycles. The predicted molar refractivity (Wildman–Crippen MR) is 138 cm³/mol. The summed E-state index contributed by atoms with van der Waals surface area (Å²) in [5.41, 5.74) is 2.16. The van der Waals surface area contributed by atoms with E-state index in [9.17, 15) is 18.8 Å². The molecule has 11 nitrogen and oxygen atoms in total. The number of sulfonamides is 1. The third-order valence-electron chi connectivity index (χ3n) is 7.03. The molecule has 1 saturated heterocycles. The number of rotatable bonds is 7. The van der Waals surface area contributed by atoms with Gasteiger partial charge in [0.2, 0.25) is 16.0 Å². The van der Waals surface area contributed by atoms with E-state index in [-0.39, 0.29) is 17.0 Å². The zero-order valence-electron chi connectivity index (χ0n) is 20.6. The van der Waals surface area contributed by atoms with Crippen molar-refractivity contribution in [2.24, 2.45) is 7.05 Å². The second kappa shape index (κ2) is 10.5. The number of hydrogen-bond acceptors (Lipinski definition) is 9. The second-order valence-corrected chi connectivity index (χ2v) is 11.5. The SMILES string of the molecule is Cn1cc(-c2ccc(S(=O)(=O)N3CCC(Nc4ncc(C#N)c(N[C@H]5CCC[C@@H]5O)n4)CC3)cc2)cn1. The van der Waals surface area contributed by atoms with Gasteiger partial charge in [-0.15, -0.1) is 0 Å². The van der Waals surface area contributed by atoms with Crippen LogP contribution in [0, 0.1) is 11.3 Å². The summed E-state index contributed by atoms with van der Waals surface area (Å²) < 4.78 is 29.7. The number of aromatic nitrogens is 4. The summed E-state index contributed by atoms with van der Waals surface area (Å²) in [5, 5.41) is 30.2. The molecule has 3 heterocycles. The summed E-state index contributed by atoms with van der Waals surface area (Å²) >= 11 is 0. The standard InChI is InChI=1S/C25H30N8O3S/c1-32-16-19(15-28-32)17-5-7-21(8-6-17)37(35,36)33-11-9-20(10-12-33)29-25-27-14-18(13-26)24(31-25)30-22-3-2-4-23(22)34/h5-8,14-16,20,22-23,34H,2-4,9-12H2,1H3,(H2,27,29,30,31)/t22-,23-/m0/s1. The first-order valence-electron chi connectivity index (χ1n) is 12.4. The summed E-state index contributed by atoms with van der Waals surface area (Å²) in [6.07, 6.45) is 8.30. The fraction of sp³-hybridized carbons (Fsp3) is 0.440. The fourth-order valence-electron chi connectivity index (χ4n) is 4.89. The summed E-state index contributed by atoms with van der Waals surface area (Å²) in [6.45, 7) is 0.750. The van der Waals surface area contributed by atoms with Gasteiger partial charge in [0.25, 0.3) is 0 Å². The van der Waals surface area contributed by atoms with Crippen LogP contribution in [-0.2, 0) is 17.1 Å². The molecule has 1 aliphatic carbocycles. The smallest absolute Gasteiger partial charge is 0.243 e. The highest BCUT2D eigenvalue weighted by Gasteiger charge is 2.30. The lowest BCUT2D eigenvalue weighted by atomic mass is 10.1. The van der Waals surface area contributed by atoms with Gasteiger partial charge in [-0.3, -0.25) is 4.68 Å². The third kappa shape index (κ3) is 5.44. The van der Waals surface area contributed by atoms with Crippen molar-refractivity contribution in [1.29, 1.82) is 5.26 Å². The monoisotopic (exact) mass is 522 g/mol. The van der Waals surface area contributed by atoms with Crippen LogP contribution in [0.5, 0.6) is 0 Å². The lowest BCUT2D eigenvalue weighted by Gasteiger charge is -2.31. The quantitative estimate of drug-likeness (QED) is 0.425. The number of nitrogens with one attached hydrogen (secondary N) is 2. The average molecular weight is 523 g/mol. The largest absolute Gasteiger partial charge is 0.391 e. The van der Waals surface area contributed by atoms with Gasteiger partial charge < -0.3 is 15.7 Å². The molecule has 0 radical (unpaired) electrons. The Labute approximate surface area is 216 Å². The van der Waals surface area contributed by atoms with Gasteiger partial charge in [0.05, 0.1) is 29.4 Å². The lowest BCUT2D eigenvalue weighted by Crippen LogP contribution is -2.42. The van der Waals surface area contributed by atoms with E-state index in [1.807, 2.05) is 13.2 Å². The van der Waals surface area contributed by atoms with Crippen molar-refractivity contribution in [1.82, 2.24) is 24.1 Å². The maximum absolute atomic E-state index is 13.2. The zero-order chi connectivity index (χ0) is 26.0. The van der Waals surface area contributed by atoms with Crippen LogP contribution in [0.2, 0.25) is 0 Å². The number of benzene rings is 1. The topological polar surface area (TPSA) is 149 Å².